The van der Waals surface area contributed by atoms with Crippen molar-refractivity contribution in [2.75, 3.05) is 22.1 Å². The van der Waals surface area contributed by atoms with Crippen LogP contribution in [0.3, 0.4) is 0 Å². The van der Waals surface area contributed by atoms with Crippen molar-refractivity contribution in [1.29, 1.82) is 0 Å². The zero-order valence-electron chi connectivity index (χ0n) is 25.9. The van der Waals surface area contributed by atoms with E-state index >= 15 is 0 Å². The van der Waals surface area contributed by atoms with Gasteiger partial charge in [0, 0.05) is 23.5 Å². The number of aliphatic carboxylic acids is 2. The quantitative estimate of drug-likeness (QED) is 0.138. The van der Waals surface area contributed by atoms with Crippen LogP contribution in [0, 0.1) is 11.3 Å². The molecule has 44 heavy (non-hydrogen) atoms. The van der Waals surface area contributed by atoms with Gasteiger partial charge in [-0.15, -0.1) is 0 Å². The van der Waals surface area contributed by atoms with Gasteiger partial charge in [-0.05, 0) is 59.8 Å². The molecule has 0 aliphatic heterocycles. The van der Waals surface area contributed by atoms with E-state index < -0.39 is 41.9 Å². The third kappa shape index (κ3) is 13.5. The SMILES string of the molecule is CC(C)CC(C(=O)NC(CCSCC(NC(=O)CC(C)(C)C)C(=O)O)C(=O)O)c1ccc(NC(=O)Nc2ccccc2)cc1. The minimum absolute atomic E-state index is 0.0607. The summed E-state index contributed by atoms with van der Waals surface area (Å²) in [4.78, 5) is 61.5. The number of urea groups is 1. The molecule has 0 heterocycles. The summed E-state index contributed by atoms with van der Waals surface area (Å²) in [7, 11) is 0. The van der Waals surface area contributed by atoms with Crippen molar-refractivity contribution in [3.8, 4) is 0 Å². The van der Waals surface area contributed by atoms with Crippen LogP contribution in [-0.2, 0) is 19.2 Å². The van der Waals surface area contributed by atoms with Gasteiger partial charge in [0.2, 0.25) is 11.8 Å². The zero-order valence-corrected chi connectivity index (χ0v) is 26.7. The van der Waals surface area contributed by atoms with E-state index in [4.69, 9.17) is 0 Å². The summed E-state index contributed by atoms with van der Waals surface area (Å²) in [5.74, 6) is -3.32. The molecule has 6 N–H and O–H groups in total. The summed E-state index contributed by atoms with van der Waals surface area (Å²) < 4.78 is 0. The van der Waals surface area contributed by atoms with Crippen molar-refractivity contribution in [3.05, 3.63) is 60.2 Å². The Morgan fingerprint density at radius 3 is 1.89 bits per heavy atom. The fourth-order valence-corrected chi connectivity index (χ4v) is 5.34. The van der Waals surface area contributed by atoms with Crippen LogP contribution in [-0.4, -0.2) is 63.6 Å². The van der Waals surface area contributed by atoms with Gasteiger partial charge in [-0.25, -0.2) is 14.4 Å². The highest BCUT2D eigenvalue weighted by molar-refractivity contribution is 7.99. The molecule has 12 heteroatoms. The minimum atomic E-state index is -1.19. The zero-order chi connectivity index (χ0) is 32.9. The molecular weight excluding hydrogens is 584 g/mol. The van der Waals surface area contributed by atoms with Gasteiger partial charge < -0.3 is 31.5 Å². The molecule has 3 atom stereocenters. The maximum atomic E-state index is 13.3. The number of hydrogen-bond donors (Lipinski definition) is 6. The third-order valence-corrected chi connectivity index (χ3v) is 7.49. The normalized spacial score (nSPS) is 13.3. The van der Waals surface area contributed by atoms with Crippen LogP contribution in [0.1, 0.15) is 65.4 Å². The van der Waals surface area contributed by atoms with E-state index in [0.717, 1.165) is 0 Å². The van der Waals surface area contributed by atoms with E-state index in [2.05, 4.69) is 21.3 Å². The lowest BCUT2D eigenvalue weighted by molar-refractivity contribution is -0.142. The molecule has 0 saturated carbocycles. The van der Waals surface area contributed by atoms with E-state index in [-0.39, 0.29) is 41.6 Å². The molecule has 0 aliphatic carbocycles. The Bertz CT molecular complexity index is 1260. The largest absolute Gasteiger partial charge is 0.480 e. The Balaban J connectivity index is 1.98. The van der Waals surface area contributed by atoms with E-state index in [9.17, 15) is 34.2 Å². The summed E-state index contributed by atoms with van der Waals surface area (Å²) in [6.45, 7) is 9.57. The third-order valence-electron chi connectivity index (χ3n) is 6.40. The second-order valence-corrected chi connectivity index (χ2v) is 13.4. The van der Waals surface area contributed by atoms with Gasteiger partial charge in [0.25, 0.3) is 0 Å². The van der Waals surface area contributed by atoms with Crippen LogP contribution in [0.25, 0.3) is 0 Å². The molecule has 3 unspecified atom stereocenters. The number of hydrogen-bond acceptors (Lipinski definition) is 6. The molecular formula is C32H44N4O7S. The van der Waals surface area contributed by atoms with Crippen LogP contribution in [0.2, 0.25) is 0 Å². The Morgan fingerprint density at radius 1 is 0.795 bits per heavy atom. The molecule has 11 nitrogen and oxygen atoms in total. The molecule has 2 rings (SSSR count). The van der Waals surface area contributed by atoms with Crippen LogP contribution in [0.5, 0.6) is 0 Å². The number of amides is 4. The van der Waals surface area contributed by atoms with Gasteiger partial charge in [-0.1, -0.05) is 65.0 Å². The predicted molar refractivity (Wildman–Crippen MR) is 173 cm³/mol. The summed E-state index contributed by atoms with van der Waals surface area (Å²) in [5, 5.41) is 29.9. The highest BCUT2D eigenvalue weighted by Crippen LogP contribution is 2.26. The molecule has 0 spiro atoms. The van der Waals surface area contributed by atoms with E-state index in [0.29, 0.717) is 23.4 Å². The predicted octanol–water partition coefficient (Wildman–Crippen LogP) is 5.16. The minimum Gasteiger partial charge on any atom is -0.480 e. The lowest BCUT2D eigenvalue weighted by Crippen LogP contribution is -2.44. The fourth-order valence-electron chi connectivity index (χ4n) is 4.31. The van der Waals surface area contributed by atoms with Gasteiger partial charge in [0.05, 0.1) is 5.92 Å². The Kier molecular flexibility index (Phi) is 14.2. The van der Waals surface area contributed by atoms with Crippen LogP contribution in [0.15, 0.2) is 54.6 Å². The number of carbonyl (C=O) groups is 5. The second-order valence-electron chi connectivity index (χ2n) is 12.2. The molecule has 0 saturated heterocycles. The smallest absolute Gasteiger partial charge is 0.327 e. The highest BCUT2D eigenvalue weighted by Gasteiger charge is 2.28. The van der Waals surface area contributed by atoms with E-state index in [1.807, 2.05) is 52.8 Å². The first-order valence-corrected chi connectivity index (χ1v) is 15.7. The van der Waals surface area contributed by atoms with Crippen molar-refractivity contribution in [2.24, 2.45) is 11.3 Å². The summed E-state index contributed by atoms with van der Waals surface area (Å²) >= 11 is 1.19. The molecule has 0 bridgehead atoms. The Labute approximate surface area is 263 Å². The number of benzene rings is 2. The monoisotopic (exact) mass is 628 g/mol. The van der Waals surface area contributed by atoms with Crippen molar-refractivity contribution in [1.82, 2.24) is 10.6 Å². The summed E-state index contributed by atoms with van der Waals surface area (Å²) in [6, 6.07) is 13.1. The number of rotatable bonds is 16. The van der Waals surface area contributed by atoms with Crippen molar-refractivity contribution >= 4 is 52.9 Å². The Hall–Kier alpha value is -4.06. The van der Waals surface area contributed by atoms with Gasteiger partial charge in [-0.2, -0.15) is 11.8 Å². The number of nitrogens with one attached hydrogen (secondary N) is 4. The summed E-state index contributed by atoms with van der Waals surface area (Å²) in [6.07, 6.45) is 0.722. The first kappa shape index (κ1) is 36.1. The molecule has 2 aromatic rings. The maximum absolute atomic E-state index is 13.3. The Morgan fingerprint density at radius 2 is 1.36 bits per heavy atom. The maximum Gasteiger partial charge on any atom is 0.327 e. The molecule has 4 amide bonds. The van der Waals surface area contributed by atoms with Crippen LogP contribution < -0.4 is 21.3 Å². The highest BCUT2D eigenvalue weighted by atomic mass is 32.2. The molecule has 0 fully saturated rings. The molecule has 0 aromatic heterocycles. The lowest BCUT2D eigenvalue weighted by atomic mass is 9.89. The number of carbonyl (C=O) groups excluding carboxylic acids is 3. The number of para-hydroxylation sites is 1. The first-order valence-electron chi connectivity index (χ1n) is 14.5. The average Bonchev–Trinajstić information content (AvgIpc) is 2.92. The lowest BCUT2D eigenvalue weighted by Gasteiger charge is -2.23. The van der Waals surface area contributed by atoms with Gasteiger partial charge >= 0.3 is 18.0 Å². The fraction of sp³-hybridized carbons (Fsp3) is 0.469. The van der Waals surface area contributed by atoms with E-state index in [1.54, 1.807) is 36.4 Å². The van der Waals surface area contributed by atoms with Crippen LogP contribution >= 0.6 is 11.8 Å². The number of carboxylic acid groups (broad SMARTS) is 2. The number of carboxylic acids is 2. The van der Waals surface area contributed by atoms with Crippen molar-refractivity contribution < 1.29 is 34.2 Å². The van der Waals surface area contributed by atoms with Gasteiger partial charge in [-0.3, -0.25) is 9.59 Å². The van der Waals surface area contributed by atoms with Gasteiger partial charge in [0.1, 0.15) is 12.1 Å². The topological polar surface area (TPSA) is 174 Å². The molecule has 240 valence electrons. The average molecular weight is 629 g/mol. The standard InChI is InChI=1S/C32H44N4O7S/c1-20(2)17-24(21-11-13-23(14-12-21)34-31(43)33-22-9-7-6-8-10-22)28(38)36-25(29(39)40)15-16-44-19-26(30(41)42)35-27(37)18-32(3,4)5/h6-14,20,24-26H,15-19H2,1-5H3,(H,35,37)(H,36,38)(H,39,40)(H,41,42)(H2,33,34,43). The molecule has 0 aliphatic rings. The molecule has 2 aromatic carbocycles. The van der Waals surface area contributed by atoms with Crippen molar-refractivity contribution in [3.63, 3.8) is 0 Å². The molecule has 0 radical (unpaired) electrons. The second kappa shape index (κ2) is 17.3. The van der Waals surface area contributed by atoms with E-state index in [1.165, 1.54) is 11.8 Å². The van der Waals surface area contributed by atoms with Crippen LogP contribution in [0.4, 0.5) is 16.2 Å². The van der Waals surface area contributed by atoms with Gasteiger partial charge in [0.15, 0.2) is 0 Å². The summed E-state index contributed by atoms with van der Waals surface area (Å²) in [5.41, 5.74) is 1.56. The van der Waals surface area contributed by atoms with Crippen molar-refractivity contribution in [2.45, 2.75) is 71.9 Å². The first-order chi connectivity index (χ1) is 20.6. The number of anilines is 2. The number of thioether (sulfide) groups is 1.